The van der Waals surface area contributed by atoms with Crippen molar-refractivity contribution in [2.24, 2.45) is 17.1 Å². The molecule has 7 unspecified atom stereocenters. The van der Waals surface area contributed by atoms with Crippen LogP contribution in [0.4, 0.5) is 0 Å². The number of rotatable bonds is 15. The quantitative estimate of drug-likeness (QED) is 0.121. The van der Waals surface area contributed by atoms with Crippen molar-refractivity contribution in [2.75, 3.05) is 20.1 Å². The molecular weight excluding hydrogens is 761 g/mol. The molecule has 3 aromatic rings. The van der Waals surface area contributed by atoms with Gasteiger partial charge in [-0.25, -0.2) is 0 Å². The third-order valence-corrected chi connectivity index (χ3v) is 11.9. The first-order valence-electron chi connectivity index (χ1n) is 21.2. The number of hydrogen-bond donors (Lipinski definition) is 7. The Morgan fingerprint density at radius 1 is 0.833 bits per heavy atom. The number of carbonyl (C=O) groups excluding carboxylic acids is 6. The van der Waals surface area contributed by atoms with E-state index in [4.69, 9.17) is 5.73 Å². The molecule has 60 heavy (non-hydrogen) atoms. The van der Waals surface area contributed by atoms with Crippen molar-refractivity contribution >= 4 is 46.2 Å². The topological polar surface area (TPSA) is 204 Å². The van der Waals surface area contributed by atoms with Crippen molar-refractivity contribution in [3.05, 3.63) is 82.9 Å². The second-order valence-electron chi connectivity index (χ2n) is 17.9. The van der Waals surface area contributed by atoms with E-state index in [0.29, 0.717) is 11.1 Å². The maximum Gasteiger partial charge on any atom is 0.251 e. The average Bonchev–Trinajstić information content (AvgIpc) is 3.65. The molecule has 0 saturated carbocycles. The minimum atomic E-state index is -0.934. The minimum Gasteiger partial charge on any atom is -0.352 e. The number of likely N-dealkylation sites (tertiary alicyclic amines) is 1. The second kappa shape index (κ2) is 19.8. The fourth-order valence-corrected chi connectivity index (χ4v) is 7.69. The highest BCUT2D eigenvalue weighted by Crippen LogP contribution is 2.31. The van der Waals surface area contributed by atoms with Gasteiger partial charge in [-0.3, -0.25) is 28.8 Å². The minimum absolute atomic E-state index is 0.0114. The predicted molar refractivity (Wildman–Crippen MR) is 233 cm³/mol. The number of fused-ring (bicyclic) bond motifs is 2. The highest BCUT2D eigenvalue weighted by Gasteiger charge is 2.46. The van der Waals surface area contributed by atoms with Gasteiger partial charge in [0.2, 0.25) is 23.6 Å². The summed E-state index contributed by atoms with van der Waals surface area (Å²) in [6.07, 6.45) is 3.10. The molecule has 3 aromatic carbocycles. The van der Waals surface area contributed by atoms with Crippen molar-refractivity contribution < 1.29 is 28.8 Å². The monoisotopic (exact) mass is 824 g/mol. The molecule has 14 heteroatoms. The van der Waals surface area contributed by atoms with Crippen LogP contribution in [-0.4, -0.2) is 96.7 Å². The molecule has 6 amide bonds. The predicted octanol–water partition coefficient (Wildman–Crippen LogP) is 3.48. The molecule has 0 spiro atoms. The zero-order valence-electron chi connectivity index (χ0n) is 36.3. The van der Waals surface area contributed by atoms with Crippen molar-refractivity contribution in [3.8, 4) is 0 Å². The lowest BCUT2D eigenvalue weighted by molar-refractivity contribution is -0.144. The number of nitrogens with two attached hydrogens (primary N) is 1. The van der Waals surface area contributed by atoms with E-state index in [2.05, 4.69) is 38.0 Å². The third kappa shape index (κ3) is 11.3. The summed E-state index contributed by atoms with van der Waals surface area (Å²) in [5.41, 5.74) is 8.43. The van der Waals surface area contributed by atoms with Crippen molar-refractivity contribution in [1.82, 2.24) is 36.8 Å². The SMILES string of the molecule is CNC(C)C(=O)NC(C(=O)N1CC(NC(=O)c2ccc3cc(C(=O)NCCC(N)C(=O)NC(C)C(C)C)ccc3c2)CC1C(=O)NC1CCCc2ccccc21)C(C)(C)C. The first-order chi connectivity index (χ1) is 28.4. The molecule has 8 N–H and O–H groups in total. The lowest BCUT2D eigenvalue weighted by Gasteiger charge is -2.36. The van der Waals surface area contributed by atoms with Crippen LogP contribution >= 0.6 is 0 Å². The smallest absolute Gasteiger partial charge is 0.251 e. The Labute approximate surface area is 353 Å². The van der Waals surface area contributed by atoms with Crippen LogP contribution in [0.5, 0.6) is 0 Å². The standard InChI is InChI=1S/C46H64N8O6/c1-26(2)27(3)50-43(58)36(47)20-21-49-41(56)32-18-16-31-23-33(19-17-30(31)22-32)42(57)51-34-24-38(44(59)52-37-15-11-13-29-12-9-10-14-35(29)37)54(25-34)45(60)39(46(5,6)7)53-40(55)28(4)48-8/h9-10,12,14,16-19,22-23,26-28,34,36-39,48H,11,13,15,20-21,24-25,47H2,1-8H3,(H,49,56)(H,50,58)(H,51,57)(H,52,59)(H,53,55). The van der Waals surface area contributed by atoms with Crippen molar-refractivity contribution in [3.63, 3.8) is 0 Å². The van der Waals surface area contributed by atoms with Gasteiger partial charge in [-0.1, -0.05) is 71.0 Å². The van der Waals surface area contributed by atoms with E-state index in [9.17, 15) is 28.8 Å². The molecule has 1 aliphatic carbocycles. The number of carbonyl (C=O) groups is 6. The molecule has 1 saturated heterocycles. The Bertz CT molecular complexity index is 2060. The molecule has 1 fully saturated rings. The highest BCUT2D eigenvalue weighted by molar-refractivity contribution is 6.02. The van der Waals surface area contributed by atoms with Gasteiger partial charge in [0, 0.05) is 36.3 Å². The van der Waals surface area contributed by atoms with Gasteiger partial charge in [0.1, 0.15) is 12.1 Å². The molecule has 0 radical (unpaired) electrons. The molecule has 7 atom stereocenters. The van der Waals surface area contributed by atoms with Gasteiger partial charge in [-0.05, 0) is 110 Å². The summed E-state index contributed by atoms with van der Waals surface area (Å²) in [5.74, 6) is -1.69. The first kappa shape index (κ1) is 45.7. The van der Waals surface area contributed by atoms with E-state index >= 15 is 0 Å². The number of nitrogens with one attached hydrogen (secondary N) is 6. The second-order valence-corrected chi connectivity index (χ2v) is 17.9. The first-order valence-corrected chi connectivity index (χ1v) is 21.2. The van der Waals surface area contributed by atoms with Gasteiger partial charge >= 0.3 is 0 Å². The molecule has 1 aliphatic heterocycles. The Morgan fingerprint density at radius 3 is 2.12 bits per heavy atom. The third-order valence-electron chi connectivity index (χ3n) is 11.9. The normalized spacial score (nSPS) is 19.7. The maximum absolute atomic E-state index is 14.5. The summed E-state index contributed by atoms with van der Waals surface area (Å²) in [7, 11) is 1.67. The Morgan fingerprint density at radius 2 is 1.48 bits per heavy atom. The van der Waals surface area contributed by atoms with Crippen LogP contribution in [0.1, 0.15) is 112 Å². The van der Waals surface area contributed by atoms with Gasteiger partial charge in [-0.2, -0.15) is 0 Å². The van der Waals surface area contributed by atoms with E-state index in [1.54, 1.807) is 50.4 Å². The molecular formula is C46H64N8O6. The van der Waals surface area contributed by atoms with Crippen LogP contribution in [-0.2, 0) is 25.6 Å². The largest absolute Gasteiger partial charge is 0.352 e. The Hall–Kier alpha value is -5.34. The number of amides is 6. The van der Waals surface area contributed by atoms with Crippen LogP contribution < -0.4 is 37.6 Å². The maximum atomic E-state index is 14.5. The lowest BCUT2D eigenvalue weighted by Crippen LogP contribution is -2.59. The number of hydrogen-bond acceptors (Lipinski definition) is 8. The zero-order valence-corrected chi connectivity index (χ0v) is 36.3. The Balaban J connectivity index is 1.28. The molecule has 324 valence electrons. The highest BCUT2D eigenvalue weighted by atomic mass is 16.2. The van der Waals surface area contributed by atoms with Gasteiger partial charge < -0.3 is 42.5 Å². The van der Waals surface area contributed by atoms with Gasteiger partial charge in [-0.15, -0.1) is 0 Å². The fraction of sp³-hybridized carbons (Fsp3) is 0.522. The fourth-order valence-electron chi connectivity index (χ4n) is 7.69. The van der Waals surface area contributed by atoms with Crippen molar-refractivity contribution in [2.45, 2.75) is 123 Å². The van der Waals surface area contributed by atoms with Gasteiger partial charge in [0.15, 0.2) is 0 Å². The van der Waals surface area contributed by atoms with E-state index in [1.807, 2.05) is 59.7 Å². The van der Waals surface area contributed by atoms with Crippen molar-refractivity contribution in [1.29, 1.82) is 0 Å². The zero-order chi connectivity index (χ0) is 43.9. The average molecular weight is 825 g/mol. The summed E-state index contributed by atoms with van der Waals surface area (Å²) >= 11 is 0. The van der Waals surface area contributed by atoms with Crippen LogP contribution in [0.15, 0.2) is 60.7 Å². The summed E-state index contributed by atoms with van der Waals surface area (Å²) in [6, 6.07) is 14.5. The van der Waals surface area contributed by atoms with Crippen LogP contribution in [0, 0.1) is 11.3 Å². The lowest BCUT2D eigenvalue weighted by atomic mass is 9.85. The number of likely N-dealkylation sites (N-methyl/N-ethyl adjacent to an activating group) is 1. The van der Waals surface area contributed by atoms with Crippen LogP contribution in [0.2, 0.25) is 0 Å². The molecule has 0 bridgehead atoms. The van der Waals surface area contributed by atoms with E-state index in [-0.39, 0.29) is 73.5 Å². The summed E-state index contributed by atoms with van der Waals surface area (Å²) < 4.78 is 0. The van der Waals surface area contributed by atoms with E-state index < -0.39 is 41.5 Å². The molecule has 14 nitrogen and oxygen atoms in total. The number of aryl methyl sites for hydroxylation is 1. The molecule has 0 aromatic heterocycles. The summed E-state index contributed by atoms with van der Waals surface area (Å²) in [4.78, 5) is 82.5. The number of benzene rings is 3. The summed E-state index contributed by atoms with van der Waals surface area (Å²) in [6.45, 7) is 13.6. The van der Waals surface area contributed by atoms with Gasteiger partial charge in [0.05, 0.1) is 18.1 Å². The van der Waals surface area contributed by atoms with E-state index in [0.717, 1.165) is 35.6 Å². The van der Waals surface area contributed by atoms with Crippen LogP contribution in [0.3, 0.4) is 0 Å². The number of nitrogens with zero attached hydrogens (tertiary/aromatic N) is 1. The molecule has 1 heterocycles. The van der Waals surface area contributed by atoms with Gasteiger partial charge in [0.25, 0.3) is 11.8 Å². The summed E-state index contributed by atoms with van der Waals surface area (Å²) in [5, 5.41) is 19.3. The van der Waals surface area contributed by atoms with Crippen LogP contribution in [0.25, 0.3) is 10.8 Å². The molecule has 5 rings (SSSR count). The van der Waals surface area contributed by atoms with E-state index in [1.165, 1.54) is 10.5 Å². The molecule has 2 aliphatic rings. The Kier molecular flexibility index (Phi) is 15.1.